The maximum absolute atomic E-state index is 4.52. The molecule has 0 aliphatic carbocycles. The van der Waals surface area contributed by atoms with E-state index < -0.39 is 0 Å². The summed E-state index contributed by atoms with van der Waals surface area (Å²) in [4.78, 5) is 15.9. The number of nitrogens with zero attached hydrogens (tertiary/aromatic N) is 6. The quantitative estimate of drug-likeness (QED) is 0.718. The molecule has 4 rings (SSSR count). The number of aromatic nitrogens is 4. The molecule has 1 aliphatic heterocycles. The van der Waals surface area contributed by atoms with Crippen molar-refractivity contribution < 1.29 is 0 Å². The maximum atomic E-state index is 4.52. The zero-order valence-corrected chi connectivity index (χ0v) is 14.1. The van der Waals surface area contributed by atoms with E-state index in [-0.39, 0.29) is 0 Å². The van der Waals surface area contributed by atoms with Crippen LogP contribution in [-0.2, 0) is 0 Å². The summed E-state index contributed by atoms with van der Waals surface area (Å²) in [5, 5.41) is 11.6. The van der Waals surface area contributed by atoms with E-state index in [0.717, 1.165) is 47.0 Å². The normalized spacial score (nSPS) is 15.7. The van der Waals surface area contributed by atoms with E-state index in [0.29, 0.717) is 0 Å². The fourth-order valence-corrected chi connectivity index (χ4v) is 4.32. The standard InChI is InChI=1S/C14H16N6S2/c1-9-7-11-12(15-8-16-13(11)21-9)19-3-5-20(6-4-19)14-18-17-10(2)22-14/h7-8H,3-6H2,1-2H3. The van der Waals surface area contributed by atoms with Crippen LogP contribution in [0.3, 0.4) is 0 Å². The van der Waals surface area contributed by atoms with Crippen LogP contribution in [0, 0.1) is 13.8 Å². The number of piperazine rings is 1. The summed E-state index contributed by atoms with van der Waals surface area (Å²) in [5.74, 6) is 1.06. The lowest BCUT2D eigenvalue weighted by molar-refractivity contribution is 0.645. The van der Waals surface area contributed by atoms with Gasteiger partial charge in [0.2, 0.25) is 5.13 Å². The van der Waals surface area contributed by atoms with Crippen molar-refractivity contribution in [3.05, 3.63) is 22.3 Å². The summed E-state index contributed by atoms with van der Waals surface area (Å²) in [6, 6.07) is 2.19. The average molecular weight is 332 g/mol. The van der Waals surface area contributed by atoms with Gasteiger partial charge in [0.1, 0.15) is 22.0 Å². The van der Waals surface area contributed by atoms with Gasteiger partial charge in [-0.05, 0) is 19.9 Å². The highest BCUT2D eigenvalue weighted by atomic mass is 32.1. The van der Waals surface area contributed by atoms with Crippen molar-refractivity contribution in [1.29, 1.82) is 0 Å². The molecule has 114 valence electrons. The molecule has 4 heterocycles. The predicted molar refractivity (Wildman–Crippen MR) is 91.2 cm³/mol. The monoisotopic (exact) mass is 332 g/mol. The Morgan fingerprint density at radius 1 is 0.955 bits per heavy atom. The first-order chi connectivity index (χ1) is 10.7. The van der Waals surface area contributed by atoms with Crippen LogP contribution in [0.25, 0.3) is 10.2 Å². The van der Waals surface area contributed by atoms with E-state index in [1.54, 1.807) is 29.0 Å². The van der Waals surface area contributed by atoms with E-state index in [1.807, 2.05) is 6.92 Å². The number of hydrogen-bond acceptors (Lipinski definition) is 8. The smallest absolute Gasteiger partial charge is 0.208 e. The van der Waals surface area contributed by atoms with Gasteiger partial charge in [-0.3, -0.25) is 0 Å². The molecular weight excluding hydrogens is 316 g/mol. The molecule has 0 atom stereocenters. The number of hydrogen-bond donors (Lipinski definition) is 0. The highest BCUT2D eigenvalue weighted by molar-refractivity contribution is 7.18. The Labute approximate surface area is 136 Å². The summed E-state index contributed by atoms with van der Waals surface area (Å²) in [6.45, 7) is 7.89. The van der Waals surface area contributed by atoms with Crippen LogP contribution in [-0.4, -0.2) is 46.3 Å². The number of rotatable bonds is 2. The van der Waals surface area contributed by atoms with Crippen molar-refractivity contribution in [2.24, 2.45) is 0 Å². The van der Waals surface area contributed by atoms with Gasteiger partial charge in [0, 0.05) is 31.1 Å². The molecule has 3 aromatic heterocycles. The van der Waals surface area contributed by atoms with Gasteiger partial charge in [-0.2, -0.15) is 0 Å². The molecule has 0 unspecified atom stereocenters. The third-order valence-corrected chi connectivity index (χ3v) is 5.65. The molecule has 8 heteroatoms. The molecule has 22 heavy (non-hydrogen) atoms. The lowest BCUT2D eigenvalue weighted by atomic mass is 10.2. The second kappa shape index (κ2) is 5.44. The second-order valence-electron chi connectivity index (χ2n) is 5.35. The van der Waals surface area contributed by atoms with E-state index in [2.05, 4.69) is 43.0 Å². The zero-order valence-electron chi connectivity index (χ0n) is 12.5. The van der Waals surface area contributed by atoms with Gasteiger partial charge in [-0.25, -0.2) is 9.97 Å². The number of aryl methyl sites for hydroxylation is 2. The average Bonchev–Trinajstić information content (AvgIpc) is 3.12. The third-order valence-electron chi connectivity index (χ3n) is 3.80. The summed E-state index contributed by atoms with van der Waals surface area (Å²) >= 11 is 3.38. The Balaban J connectivity index is 1.55. The molecular formula is C14H16N6S2. The fraction of sp³-hybridized carbons (Fsp3) is 0.429. The molecule has 0 aromatic carbocycles. The Bertz CT molecular complexity index is 803. The van der Waals surface area contributed by atoms with Gasteiger partial charge in [-0.15, -0.1) is 21.5 Å². The number of fused-ring (bicyclic) bond motifs is 1. The predicted octanol–water partition coefficient (Wildman–Crippen LogP) is 2.49. The number of thiophene rings is 1. The van der Waals surface area contributed by atoms with Crippen LogP contribution in [0.1, 0.15) is 9.88 Å². The highest BCUT2D eigenvalue weighted by Gasteiger charge is 2.22. The highest BCUT2D eigenvalue weighted by Crippen LogP contribution is 2.30. The molecule has 1 aliphatic rings. The van der Waals surface area contributed by atoms with E-state index >= 15 is 0 Å². The van der Waals surface area contributed by atoms with Crippen LogP contribution < -0.4 is 9.80 Å². The molecule has 0 saturated carbocycles. The van der Waals surface area contributed by atoms with E-state index in [1.165, 1.54) is 10.3 Å². The molecule has 1 fully saturated rings. The largest absolute Gasteiger partial charge is 0.352 e. The SMILES string of the molecule is Cc1cc2c(N3CCN(c4nnc(C)s4)CC3)ncnc2s1. The van der Waals surface area contributed by atoms with Gasteiger partial charge < -0.3 is 9.80 Å². The van der Waals surface area contributed by atoms with E-state index in [9.17, 15) is 0 Å². The molecule has 0 spiro atoms. The third kappa shape index (κ3) is 2.42. The maximum Gasteiger partial charge on any atom is 0.208 e. The van der Waals surface area contributed by atoms with E-state index in [4.69, 9.17) is 0 Å². The lowest BCUT2D eigenvalue weighted by Gasteiger charge is -2.35. The Morgan fingerprint density at radius 3 is 2.45 bits per heavy atom. The second-order valence-corrected chi connectivity index (χ2v) is 7.75. The summed E-state index contributed by atoms with van der Waals surface area (Å²) in [5.41, 5.74) is 0. The first-order valence-corrected chi connectivity index (χ1v) is 8.85. The van der Waals surface area contributed by atoms with Crippen molar-refractivity contribution in [2.75, 3.05) is 36.0 Å². The van der Waals surface area contributed by atoms with Crippen LogP contribution in [0.4, 0.5) is 10.9 Å². The van der Waals surface area contributed by atoms with Crippen molar-refractivity contribution in [3.8, 4) is 0 Å². The molecule has 0 amide bonds. The van der Waals surface area contributed by atoms with Gasteiger partial charge >= 0.3 is 0 Å². The fourth-order valence-electron chi connectivity index (χ4n) is 2.74. The van der Waals surface area contributed by atoms with Crippen molar-refractivity contribution in [3.63, 3.8) is 0 Å². The zero-order chi connectivity index (χ0) is 15.1. The summed E-state index contributed by atoms with van der Waals surface area (Å²) in [6.07, 6.45) is 1.67. The summed E-state index contributed by atoms with van der Waals surface area (Å²) < 4.78 is 0. The Morgan fingerprint density at radius 2 is 1.73 bits per heavy atom. The van der Waals surface area contributed by atoms with Crippen LogP contribution in [0.15, 0.2) is 12.4 Å². The summed E-state index contributed by atoms with van der Waals surface area (Å²) in [7, 11) is 0. The van der Waals surface area contributed by atoms with Gasteiger partial charge in [0.25, 0.3) is 0 Å². The number of anilines is 2. The minimum absolute atomic E-state index is 0.944. The van der Waals surface area contributed by atoms with Crippen molar-refractivity contribution in [1.82, 2.24) is 20.2 Å². The molecule has 0 radical (unpaired) electrons. The van der Waals surface area contributed by atoms with Crippen molar-refractivity contribution in [2.45, 2.75) is 13.8 Å². The van der Waals surface area contributed by atoms with Gasteiger partial charge in [-0.1, -0.05) is 11.3 Å². The molecule has 0 N–H and O–H groups in total. The minimum Gasteiger partial charge on any atom is -0.352 e. The van der Waals surface area contributed by atoms with Crippen LogP contribution in [0.5, 0.6) is 0 Å². The van der Waals surface area contributed by atoms with Crippen molar-refractivity contribution >= 4 is 43.8 Å². The molecule has 1 saturated heterocycles. The molecule has 0 bridgehead atoms. The minimum atomic E-state index is 0.944. The first-order valence-electron chi connectivity index (χ1n) is 7.22. The molecule has 6 nitrogen and oxygen atoms in total. The Hall–Kier alpha value is -1.80. The Kier molecular flexibility index (Phi) is 3.42. The van der Waals surface area contributed by atoms with Gasteiger partial charge in [0.15, 0.2) is 0 Å². The lowest BCUT2D eigenvalue weighted by Crippen LogP contribution is -2.46. The van der Waals surface area contributed by atoms with Crippen LogP contribution >= 0.6 is 22.7 Å². The van der Waals surface area contributed by atoms with Gasteiger partial charge in [0.05, 0.1) is 5.39 Å². The first kappa shape index (κ1) is 13.8. The van der Waals surface area contributed by atoms with Crippen LogP contribution in [0.2, 0.25) is 0 Å². The molecule has 3 aromatic rings. The topological polar surface area (TPSA) is 58.0 Å².